The molecule has 0 fully saturated rings. The summed E-state index contributed by atoms with van der Waals surface area (Å²) in [7, 11) is 0. The van der Waals surface area contributed by atoms with E-state index < -0.39 is 0 Å². The number of rotatable bonds is 6. The Bertz CT molecular complexity index is 664. The quantitative estimate of drug-likeness (QED) is 0.671. The van der Waals surface area contributed by atoms with Gasteiger partial charge in [-0.05, 0) is 36.1 Å². The van der Waals surface area contributed by atoms with Gasteiger partial charge in [-0.15, -0.1) is 23.5 Å². The first-order chi connectivity index (χ1) is 10.6. The third-order valence-corrected chi connectivity index (χ3v) is 5.41. The third kappa shape index (κ3) is 5.13. The Kier molecular flexibility index (Phi) is 6.96. The summed E-state index contributed by atoms with van der Waals surface area (Å²) in [4.78, 5) is 13.1. The number of halogens is 2. The maximum Gasteiger partial charge on any atom is 0.234 e. The monoisotopic (exact) mass is 371 g/mol. The summed E-state index contributed by atoms with van der Waals surface area (Å²) in [5.41, 5.74) is 1.91. The summed E-state index contributed by atoms with van der Waals surface area (Å²) in [6.07, 6.45) is 1.99. The number of carbonyl (C=O) groups is 1. The number of hydrogen-bond acceptors (Lipinski definition) is 3. The lowest BCUT2D eigenvalue weighted by atomic mass is 10.2. The normalized spacial score (nSPS) is 10.5. The third-order valence-electron chi connectivity index (χ3n) is 2.87. The number of carbonyl (C=O) groups excluding carboxylic acids is 1. The van der Waals surface area contributed by atoms with Gasteiger partial charge < -0.3 is 5.32 Å². The lowest BCUT2D eigenvalue weighted by Crippen LogP contribution is -2.14. The van der Waals surface area contributed by atoms with E-state index >= 15 is 0 Å². The summed E-state index contributed by atoms with van der Waals surface area (Å²) in [5.74, 6) is 1.10. The van der Waals surface area contributed by atoms with E-state index in [9.17, 15) is 4.79 Å². The molecule has 0 aliphatic rings. The molecule has 0 radical (unpaired) electrons. The van der Waals surface area contributed by atoms with Gasteiger partial charge in [-0.3, -0.25) is 4.79 Å². The number of nitrogens with one attached hydrogen (secondary N) is 1. The van der Waals surface area contributed by atoms with E-state index in [4.69, 9.17) is 23.2 Å². The molecule has 2 aromatic rings. The van der Waals surface area contributed by atoms with Crippen molar-refractivity contribution in [1.82, 2.24) is 0 Å². The van der Waals surface area contributed by atoms with Crippen LogP contribution in [0.1, 0.15) is 5.56 Å². The molecule has 1 N–H and O–H groups in total. The molecule has 2 aromatic carbocycles. The van der Waals surface area contributed by atoms with Crippen LogP contribution in [0.4, 0.5) is 5.69 Å². The van der Waals surface area contributed by atoms with E-state index in [0.29, 0.717) is 21.6 Å². The summed E-state index contributed by atoms with van der Waals surface area (Å²) < 4.78 is 0. The Morgan fingerprint density at radius 1 is 1.14 bits per heavy atom. The van der Waals surface area contributed by atoms with E-state index in [2.05, 4.69) is 5.32 Å². The minimum atomic E-state index is -0.00781. The molecule has 0 saturated carbocycles. The number of hydrogen-bond donors (Lipinski definition) is 1. The predicted molar refractivity (Wildman–Crippen MR) is 99.5 cm³/mol. The van der Waals surface area contributed by atoms with Gasteiger partial charge in [0.05, 0.1) is 21.5 Å². The van der Waals surface area contributed by atoms with E-state index in [1.165, 1.54) is 0 Å². The first kappa shape index (κ1) is 17.5. The molecular weight excluding hydrogens is 357 g/mol. The second-order valence-corrected chi connectivity index (χ2v) is 7.14. The molecule has 0 atom stereocenters. The van der Waals surface area contributed by atoms with Crippen LogP contribution in [0.2, 0.25) is 10.0 Å². The van der Waals surface area contributed by atoms with Crippen molar-refractivity contribution in [2.45, 2.75) is 10.6 Å². The van der Waals surface area contributed by atoms with Crippen LogP contribution >= 0.6 is 46.7 Å². The van der Waals surface area contributed by atoms with Gasteiger partial charge in [-0.2, -0.15) is 0 Å². The highest BCUT2D eigenvalue weighted by Gasteiger charge is 2.07. The molecule has 6 heteroatoms. The van der Waals surface area contributed by atoms with Crippen molar-refractivity contribution in [1.29, 1.82) is 0 Å². The van der Waals surface area contributed by atoms with E-state index in [1.54, 1.807) is 29.6 Å². The molecule has 2 rings (SSSR count). The molecule has 0 aliphatic carbocycles. The highest BCUT2D eigenvalue weighted by Crippen LogP contribution is 2.26. The first-order valence-corrected chi connectivity index (χ1v) is 9.68. The molecule has 2 nitrogen and oxygen atoms in total. The Labute approximate surface area is 149 Å². The van der Waals surface area contributed by atoms with Crippen LogP contribution in [0.25, 0.3) is 0 Å². The standard InChI is InChI=1S/C16H15Cl2NOS2/c1-21-15-5-3-2-4-14(15)19-16(20)10-22-9-11-6-7-12(17)13(18)8-11/h2-8H,9-10H2,1H3,(H,19,20). The lowest BCUT2D eigenvalue weighted by molar-refractivity contribution is -0.113. The van der Waals surface area contributed by atoms with Crippen LogP contribution in [0.3, 0.4) is 0 Å². The number of benzene rings is 2. The van der Waals surface area contributed by atoms with Crippen LogP contribution in [-0.2, 0) is 10.5 Å². The van der Waals surface area contributed by atoms with Crippen LogP contribution in [0, 0.1) is 0 Å². The molecule has 0 aliphatic heterocycles. The Balaban J connectivity index is 1.84. The number of para-hydroxylation sites is 1. The molecule has 0 bridgehead atoms. The van der Waals surface area contributed by atoms with Gasteiger partial charge in [-0.25, -0.2) is 0 Å². The molecule has 1 amide bonds. The lowest BCUT2D eigenvalue weighted by Gasteiger charge is -2.09. The molecule has 0 spiro atoms. The van der Waals surface area contributed by atoms with Crippen molar-refractivity contribution in [2.24, 2.45) is 0 Å². The number of thioether (sulfide) groups is 2. The SMILES string of the molecule is CSc1ccccc1NC(=O)CSCc1ccc(Cl)c(Cl)c1. The van der Waals surface area contributed by atoms with Crippen molar-refractivity contribution in [3.63, 3.8) is 0 Å². The fourth-order valence-corrected chi connectivity index (χ4v) is 3.47. The zero-order chi connectivity index (χ0) is 15.9. The molecule has 22 heavy (non-hydrogen) atoms. The predicted octanol–water partition coefficient (Wildman–Crippen LogP) is 5.59. The van der Waals surface area contributed by atoms with Gasteiger partial charge >= 0.3 is 0 Å². The van der Waals surface area contributed by atoms with Crippen molar-refractivity contribution in [3.8, 4) is 0 Å². The highest BCUT2D eigenvalue weighted by molar-refractivity contribution is 7.99. The van der Waals surface area contributed by atoms with Crippen LogP contribution in [0.15, 0.2) is 47.4 Å². The Hall–Kier alpha value is -0.810. The zero-order valence-corrected chi connectivity index (χ0v) is 15.1. The van der Waals surface area contributed by atoms with Crippen LogP contribution < -0.4 is 5.32 Å². The van der Waals surface area contributed by atoms with Gasteiger partial charge in [0.15, 0.2) is 0 Å². The maximum absolute atomic E-state index is 12.0. The molecule has 116 valence electrons. The minimum Gasteiger partial charge on any atom is -0.324 e. The molecular formula is C16H15Cl2NOS2. The molecule has 0 aromatic heterocycles. The number of amides is 1. The smallest absolute Gasteiger partial charge is 0.234 e. The topological polar surface area (TPSA) is 29.1 Å². The summed E-state index contributed by atoms with van der Waals surface area (Å²) >= 11 is 15.0. The van der Waals surface area contributed by atoms with Crippen molar-refractivity contribution in [3.05, 3.63) is 58.1 Å². The van der Waals surface area contributed by atoms with Gasteiger partial charge in [0.25, 0.3) is 0 Å². The zero-order valence-electron chi connectivity index (χ0n) is 11.9. The molecule has 0 saturated heterocycles. The van der Waals surface area contributed by atoms with E-state index in [0.717, 1.165) is 16.1 Å². The average molecular weight is 372 g/mol. The first-order valence-electron chi connectivity index (χ1n) is 6.54. The Morgan fingerprint density at radius 3 is 2.64 bits per heavy atom. The van der Waals surface area contributed by atoms with Crippen molar-refractivity contribution >= 4 is 58.3 Å². The Morgan fingerprint density at radius 2 is 1.91 bits per heavy atom. The largest absolute Gasteiger partial charge is 0.324 e. The van der Waals surface area contributed by atoms with Gasteiger partial charge in [0.1, 0.15) is 0 Å². The van der Waals surface area contributed by atoms with E-state index in [1.807, 2.05) is 42.7 Å². The van der Waals surface area contributed by atoms with Crippen molar-refractivity contribution in [2.75, 3.05) is 17.3 Å². The summed E-state index contributed by atoms with van der Waals surface area (Å²) in [6.45, 7) is 0. The average Bonchev–Trinajstić information content (AvgIpc) is 2.51. The fourth-order valence-electron chi connectivity index (χ4n) is 1.83. The summed E-state index contributed by atoms with van der Waals surface area (Å²) in [5, 5.41) is 4.02. The van der Waals surface area contributed by atoms with Gasteiger partial charge in [0.2, 0.25) is 5.91 Å². The van der Waals surface area contributed by atoms with Gasteiger partial charge in [0, 0.05) is 10.6 Å². The number of anilines is 1. The van der Waals surface area contributed by atoms with Gasteiger partial charge in [-0.1, -0.05) is 41.4 Å². The van der Waals surface area contributed by atoms with Crippen LogP contribution in [-0.4, -0.2) is 17.9 Å². The molecule has 0 heterocycles. The second-order valence-electron chi connectivity index (χ2n) is 4.49. The maximum atomic E-state index is 12.0. The minimum absolute atomic E-state index is 0.00781. The molecule has 0 unspecified atom stereocenters. The van der Waals surface area contributed by atoms with Crippen molar-refractivity contribution < 1.29 is 4.79 Å². The van der Waals surface area contributed by atoms with Crippen LogP contribution in [0.5, 0.6) is 0 Å². The summed E-state index contributed by atoms with van der Waals surface area (Å²) in [6, 6.07) is 13.3. The van der Waals surface area contributed by atoms with E-state index in [-0.39, 0.29) is 5.91 Å². The fraction of sp³-hybridized carbons (Fsp3) is 0.188. The highest BCUT2D eigenvalue weighted by atomic mass is 35.5. The second kappa shape index (κ2) is 8.73.